The monoisotopic (exact) mass is 218 g/mol. The number of nitrogens with one attached hydrogen (secondary N) is 2. The van der Waals surface area contributed by atoms with Crippen LogP contribution in [0.4, 0.5) is 0 Å². The van der Waals surface area contributed by atoms with E-state index in [4.69, 9.17) is 4.74 Å². The van der Waals surface area contributed by atoms with Crippen molar-refractivity contribution in [2.45, 2.75) is 0 Å². The molecule has 2 N–H and O–H groups in total. The maximum Gasteiger partial charge on any atom is 0.170 e. The first-order chi connectivity index (χ1) is 7.78. The molecule has 0 fully saturated rings. The number of rotatable bonds is 4. The minimum absolute atomic E-state index is 0.375. The summed E-state index contributed by atoms with van der Waals surface area (Å²) in [5, 5.41) is 0. The molecule has 0 aliphatic rings. The lowest BCUT2D eigenvalue weighted by molar-refractivity contribution is 0.111. The molecule has 0 bridgehead atoms. The third-order valence-electron chi connectivity index (χ3n) is 2.27. The Hall–Kier alpha value is -2.30. The van der Waals surface area contributed by atoms with Crippen LogP contribution in [0.5, 0.6) is 5.75 Å². The Labute approximate surface area is 91.4 Å². The second-order valence-electron chi connectivity index (χ2n) is 3.23. The van der Waals surface area contributed by atoms with Crippen LogP contribution in [0, 0.1) is 0 Å². The van der Waals surface area contributed by atoms with E-state index in [2.05, 4.69) is 9.97 Å². The van der Waals surface area contributed by atoms with Crippen LogP contribution < -0.4 is 4.74 Å². The van der Waals surface area contributed by atoms with E-state index in [9.17, 15) is 9.59 Å². The summed E-state index contributed by atoms with van der Waals surface area (Å²) in [6.45, 7) is 0. The molecule has 2 aromatic heterocycles. The topological polar surface area (TPSA) is 75.0 Å². The molecule has 82 valence electrons. The molecule has 0 unspecified atom stereocenters. The zero-order valence-electron chi connectivity index (χ0n) is 8.61. The number of methoxy groups -OCH3 is 1. The molecule has 2 rings (SSSR count). The van der Waals surface area contributed by atoms with Gasteiger partial charge in [0.1, 0.15) is 11.4 Å². The fraction of sp³-hybridized carbons (Fsp3) is 0.0909. The standard InChI is InChI=1S/C11H10N2O3/c1-16-11-4-9(13-10(11)6-15)8-3-2-7(5-14)12-8/h2-6,12-13H,1H3. The molecule has 0 aliphatic heterocycles. The fourth-order valence-electron chi connectivity index (χ4n) is 1.49. The van der Waals surface area contributed by atoms with Crippen LogP contribution in [0.2, 0.25) is 0 Å². The third-order valence-corrected chi connectivity index (χ3v) is 2.27. The van der Waals surface area contributed by atoms with Gasteiger partial charge in [-0.05, 0) is 12.1 Å². The third kappa shape index (κ3) is 1.63. The zero-order chi connectivity index (χ0) is 11.5. The van der Waals surface area contributed by atoms with Gasteiger partial charge in [0.2, 0.25) is 0 Å². The zero-order valence-corrected chi connectivity index (χ0v) is 8.61. The van der Waals surface area contributed by atoms with Gasteiger partial charge in [-0.3, -0.25) is 9.59 Å². The Morgan fingerprint density at radius 2 is 1.94 bits per heavy atom. The van der Waals surface area contributed by atoms with Gasteiger partial charge in [-0.25, -0.2) is 0 Å². The summed E-state index contributed by atoms with van der Waals surface area (Å²) in [6.07, 6.45) is 1.41. The van der Waals surface area contributed by atoms with Crippen molar-refractivity contribution in [2.75, 3.05) is 7.11 Å². The molecular formula is C11H10N2O3. The fourth-order valence-corrected chi connectivity index (χ4v) is 1.49. The quantitative estimate of drug-likeness (QED) is 0.766. The van der Waals surface area contributed by atoms with Gasteiger partial charge in [0.15, 0.2) is 12.6 Å². The largest absolute Gasteiger partial charge is 0.494 e. The second kappa shape index (κ2) is 4.06. The first-order valence-electron chi connectivity index (χ1n) is 4.65. The summed E-state index contributed by atoms with van der Waals surface area (Å²) in [4.78, 5) is 27.0. The van der Waals surface area contributed by atoms with Gasteiger partial charge < -0.3 is 14.7 Å². The van der Waals surface area contributed by atoms with E-state index in [0.717, 1.165) is 12.0 Å². The summed E-state index contributed by atoms with van der Waals surface area (Å²) >= 11 is 0. The SMILES string of the molecule is COc1cc(-c2ccc(C=O)[nH]2)[nH]c1C=O. The Kier molecular flexibility index (Phi) is 2.59. The van der Waals surface area contributed by atoms with E-state index in [-0.39, 0.29) is 0 Å². The Bertz CT molecular complexity index is 525. The number of aldehydes is 2. The molecule has 16 heavy (non-hydrogen) atoms. The minimum Gasteiger partial charge on any atom is -0.494 e. The van der Waals surface area contributed by atoms with Gasteiger partial charge >= 0.3 is 0 Å². The van der Waals surface area contributed by atoms with Crippen molar-refractivity contribution in [3.05, 3.63) is 29.6 Å². The van der Waals surface area contributed by atoms with Crippen LogP contribution in [-0.2, 0) is 0 Å². The van der Waals surface area contributed by atoms with Gasteiger partial charge in [0, 0.05) is 6.07 Å². The van der Waals surface area contributed by atoms with Crippen molar-refractivity contribution in [3.63, 3.8) is 0 Å². The van der Waals surface area contributed by atoms with Gasteiger partial charge in [-0.15, -0.1) is 0 Å². The molecule has 5 heteroatoms. The first kappa shape index (κ1) is 10.2. The number of ether oxygens (including phenoxy) is 1. The van der Waals surface area contributed by atoms with Crippen molar-refractivity contribution >= 4 is 12.6 Å². The van der Waals surface area contributed by atoms with E-state index >= 15 is 0 Å². The Morgan fingerprint density at radius 3 is 2.44 bits per heavy atom. The normalized spacial score (nSPS) is 10.1. The number of H-pyrrole nitrogens is 2. The van der Waals surface area contributed by atoms with Crippen LogP contribution in [0.3, 0.4) is 0 Å². The predicted molar refractivity (Wildman–Crippen MR) is 57.9 cm³/mol. The summed E-state index contributed by atoms with van der Waals surface area (Å²) in [5.74, 6) is 0.479. The van der Waals surface area contributed by atoms with Gasteiger partial charge in [0.05, 0.1) is 24.2 Å². The summed E-state index contributed by atoms with van der Waals surface area (Å²) < 4.78 is 5.03. The van der Waals surface area contributed by atoms with Crippen LogP contribution in [0.25, 0.3) is 11.4 Å². The van der Waals surface area contributed by atoms with Gasteiger partial charge in [0.25, 0.3) is 0 Å². The highest BCUT2D eigenvalue weighted by Crippen LogP contribution is 2.25. The number of carbonyl (C=O) groups excluding carboxylic acids is 2. The highest BCUT2D eigenvalue weighted by molar-refractivity contribution is 5.81. The molecule has 0 aliphatic carbocycles. The van der Waals surface area contributed by atoms with E-state index < -0.39 is 0 Å². The molecule has 5 nitrogen and oxygen atoms in total. The lowest BCUT2D eigenvalue weighted by Crippen LogP contribution is -1.86. The number of aromatic amines is 2. The molecule has 0 amide bonds. The molecule has 0 aromatic carbocycles. The van der Waals surface area contributed by atoms with E-state index in [1.54, 1.807) is 18.2 Å². The molecular weight excluding hydrogens is 208 g/mol. The molecule has 0 saturated carbocycles. The summed E-state index contributed by atoms with van der Waals surface area (Å²) in [5.41, 5.74) is 2.29. The Balaban J connectivity index is 2.43. The molecule has 0 radical (unpaired) electrons. The maximum absolute atomic E-state index is 10.7. The average Bonchev–Trinajstić information content (AvgIpc) is 2.94. The van der Waals surface area contributed by atoms with Crippen LogP contribution >= 0.6 is 0 Å². The highest BCUT2D eigenvalue weighted by atomic mass is 16.5. The average molecular weight is 218 g/mol. The van der Waals surface area contributed by atoms with Crippen molar-refractivity contribution < 1.29 is 14.3 Å². The Morgan fingerprint density at radius 1 is 1.12 bits per heavy atom. The molecule has 0 atom stereocenters. The maximum atomic E-state index is 10.7. The minimum atomic E-state index is 0.375. The molecule has 0 saturated heterocycles. The first-order valence-corrected chi connectivity index (χ1v) is 4.65. The van der Waals surface area contributed by atoms with Crippen molar-refractivity contribution in [2.24, 2.45) is 0 Å². The summed E-state index contributed by atoms with van der Waals surface area (Å²) in [7, 11) is 1.49. The number of hydrogen-bond acceptors (Lipinski definition) is 3. The molecule has 0 spiro atoms. The van der Waals surface area contributed by atoms with Gasteiger partial charge in [-0.1, -0.05) is 0 Å². The second-order valence-corrected chi connectivity index (χ2v) is 3.23. The molecule has 2 heterocycles. The van der Waals surface area contributed by atoms with Gasteiger partial charge in [-0.2, -0.15) is 0 Å². The van der Waals surface area contributed by atoms with Crippen molar-refractivity contribution in [3.8, 4) is 17.1 Å². The number of aromatic nitrogens is 2. The van der Waals surface area contributed by atoms with Crippen molar-refractivity contribution in [1.82, 2.24) is 9.97 Å². The van der Waals surface area contributed by atoms with Crippen LogP contribution in [0.1, 0.15) is 21.0 Å². The lowest BCUT2D eigenvalue weighted by Gasteiger charge is -1.92. The van der Waals surface area contributed by atoms with Crippen molar-refractivity contribution in [1.29, 1.82) is 0 Å². The van der Waals surface area contributed by atoms with E-state index in [1.807, 2.05) is 0 Å². The summed E-state index contributed by atoms with van der Waals surface area (Å²) in [6, 6.07) is 5.12. The van der Waals surface area contributed by atoms with E-state index in [1.165, 1.54) is 7.11 Å². The number of carbonyl (C=O) groups is 2. The number of hydrogen-bond donors (Lipinski definition) is 2. The van der Waals surface area contributed by atoms with E-state index in [0.29, 0.717) is 29.1 Å². The van der Waals surface area contributed by atoms with Crippen LogP contribution in [-0.4, -0.2) is 29.7 Å². The predicted octanol–water partition coefficient (Wildman–Crippen LogP) is 1.64. The molecule has 2 aromatic rings. The smallest absolute Gasteiger partial charge is 0.170 e. The van der Waals surface area contributed by atoms with Crippen LogP contribution in [0.15, 0.2) is 18.2 Å². The lowest BCUT2D eigenvalue weighted by atomic mass is 10.3. The highest BCUT2D eigenvalue weighted by Gasteiger charge is 2.10.